The quantitative estimate of drug-likeness (QED) is 0.226. The average Bonchev–Trinajstić information content (AvgIpc) is 3.76. The Labute approximate surface area is 327 Å². The Kier molecular flexibility index (Phi) is 8.92. The zero-order chi connectivity index (χ0) is 38.9. The van der Waals surface area contributed by atoms with E-state index in [0.29, 0.717) is 47.7 Å². The van der Waals surface area contributed by atoms with Gasteiger partial charge in [-0.1, -0.05) is 20.4 Å². The first-order valence-corrected chi connectivity index (χ1v) is 19.9. The summed E-state index contributed by atoms with van der Waals surface area (Å²) in [7, 11) is 1.70. The molecule has 56 heavy (non-hydrogen) atoms. The molecule has 0 radical (unpaired) electrons. The van der Waals surface area contributed by atoms with Crippen LogP contribution in [0.25, 0.3) is 11.3 Å². The van der Waals surface area contributed by atoms with Crippen molar-refractivity contribution in [1.29, 1.82) is 0 Å². The summed E-state index contributed by atoms with van der Waals surface area (Å²) in [5.74, 6) is 0.376. The van der Waals surface area contributed by atoms with Crippen molar-refractivity contribution in [3.05, 3.63) is 88.2 Å². The highest BCUT2D eigenvalue weighted by Gasteiger charge is 2.52. The van der Waals surface area contributed by atoms with E-state index in [1.54, 1.807) is 24.3 Å². The Bertz CT molecular complexity index is 2320. The van der Waals surface area contributed by atoms with Crippen molar-refractivity contribution in [2.75, 3.05) is 59.8 Å². The van der Waals surface area contributed by atoms with E-state index in [4.69, 9.17) is 9.72 Å². The molecule has 0 unspecified atom stereocenters. The highest BCUT2D eigenvalue weighted by atomic mass is 16.5. The first-order valence-electron chi connectivity index (χ1n) is 19.9. The molecule has 292 valence electrons. The van der Waals surface area contributed by atoms with Gasteiger partial charge in [-0.05, 0) is 92.8 Å². The summed E-state index contributed by atoms with van der Waals surface area (Å²) in [6.45, 7) is 15.9. The number of nitrogens with one attached hydrogen (secondary N) is 2. The second-order valence-corrected chi connectivity index (χ2v) is 17.1. The number of pyridine rings is 1. The third kappa shape index (κ3) is 6.40. The van der Waals surface area contributed by atoms with Crippen molar-refractivity contribution in [3.63, 3.8) is 0 Å². The number of hydrogen-bond donors (Lipinski definition) is 2. The minimum absolute atomic E-state index is 0.0343. The van der Waals surface area contributed by atoms with Gasteiger partial charge in [-0.3, -0.25) is 24.2 Å². The maximum atomic E-state index is 14.0. The van der Waals surface area contributed by atoms with Crippen LogP contribution < -0.4 is 26.0 Å². The number of hydrogen-bond acceptors (Lipinski definition) is 9. The fourth-order valence-corrected chi connectivity index (χ4v) is 9.59. The third-order valence-corrected chi connectivity index (χ3v) is 12.6. The van der Waals surface area contributed by atoms with Crippen LogP contribution in [0.4, 0.5) is 28.7 Å². The summed E-state index contributed by atoms with van der Waals surface area (Å²) >= 11 is 0. The zero-order valence-corrected chi connectivity index (χ0v) is 32.9. The van der Waals surface area contributed by atoms with Gasteiger partial charge in [-0.2, -0.15) is 0 Å². The van der Waals surface area contributed by atoms with Gasteiger partial charge in [0.25, 0.3) is 11.5 Å². The lowest BCUT2D eigenvalue weighted by Crippen LogP contribution is -2.58. The molecule has 6 heterocycles. The molecule has 1 saturated carbocycles. The second-order valence-electron chi connectivity index (χ2n) is 17.1. The highest BCUT2D eigenvalue weighted by molar-refractivity contribution is 6.06. The lowest BCUT2D eigenvalue weighted by Gasteiger charge is -2.47. The fraction of sp³-hybridized carbons (Fsp3) is 0.465. The van der Waals surface area contributed by atoms with Crippen molar-refractivity contribution in [1.82, 2.24) is 24.0 Å². The SMILES string of the molecule is C=CC(=O)Nc1cc(Nc2nc(-c3ccnc(N4CCn5c(cc6c5CC(C)(C)C6)C4=O)c3C)cn(C)c2=O)ccc1N1CCN(C2CCOCC2)CC12CC2. The molecule has 3 aliphatic heterocycles. The van der Waals surface area contributed by atoms with Gasteiger partial charge >= 0.3 is 0 Å². The second kappa shape index (κ2) is 13.7. The van der Waals surface area contributed by atoms with Crippen LogP contribution in [-0.2, 0) is 36.0 Å². The summed E-state index contributed by atoms with van der Waals surface area (Å²) in [6.07, 6.45) is 11.0. The number of benzene rings is 1. The van der Waals surface area contributed by atoms with Crippen LogP contribution in [0.15, 0.2) is 60.2 Å². The Balaban J connectivity index is 0.988. The van der Waals surface area contributed by atoms with Crippen molar-refractivity contribution >= 4 is 40.5 Å². The summed E-state index contributed by atoms with van der Waals surface area (Å²) in [5.41, 5.74) is 7.59. The lowest BCUT2D eigenvalue weighted by atomic mass is 9.90. The molecule has 3 fully saturated rings. The first kappa shape index (κ1) is 36.4. The molecule has 2 aliphatic carbocycles. The number of amides is 2. The number of ether oxygens (including phenoxy) is 1. The number of carbonyl (C=O) groups is 2. The number of anilines is 5. The summed E-state index contributed by atoms with van der Waals surface area (Å²) in [5, 5.41) is 6.31. The largest absolute Gasteiger partial charge is 0.381 e. The molecule has 0 atom stereocenters. The Hall–Kier alpha value is -5.27. The van der Waals surface area contributed by atoms with Gasteiger partial charge in [-0.25, -0.2) is 9.97 Å². The van der Waals surface area contributed by atoms with Crippen LogP contribution in [-0.4, -0.2) is 86.8 Å². The van der Waals surface area contributed by atoms with Crippen molar-refractivity contribution in [2.45, 2.75) is 77.4 Å². The fourth-order valence-electron chi connectivity index (χ4n) is 9.59. The number of aromatic nitrogens is 4. The highest BCUT2D eigenvalue weighted by Crippen LogP contribution is 2.49. The normalized spacial score (nSPS) is 20.2. The van der Waals surface area contributed by atoms with E-state index in [9.17, 15) is 14.4 Å². The molecular weight excluding hydrogens is 707 g/mol. The smallest absolute Gasteiger partial charge is 0.293 e. The molecule has 13 heteroatoms. The average molecular weight is 758 g/mol. The molecule has 1 spiro atoms. The van der Waals surface area contributed by atoms with Gasteiger partial charge in [-0.15, -0.1) is 0 Å². The molecule has 2 saturated heterocycles. The first-order chi connectivity index (χ1) is 26.9. The van der Waals surface area contributed by atoms with Crippen LogP contribution in [0.1, 0.15) is 66.8 Å². The van der Waals surface area contributed by atoms with Crippen LogP contribution >= 0.6 is 0 Å². The number of piperazine rings is 1. The Morgan fingerprint density at radius 1 is 1.04 bits per heavy atom. The van der Waals surface area contributed by atoms with E-state index in [-0.39, 0.29) is 34.1 Å². The van der Waals surface area contributed by atoms with Crippen LogP contribution in [0.3, 0.4) is 0 Å². The molecule has 2 amide bonds. The van der Waals surface area contributed by atoms with E-state index in [2.05, 4.69) is 56.5 Å². The van der Waals surface area contributed by atoms with Gasteiger partial charge < -0.3 is 29.4 Å². The molecule has 3 aromatic heterocycles. The van der Waals surface area contributed by atoms with Gasteiger partial charge in [0.1, 0.15) is 11.5 Å². The monoisotopic (exact) mass is 757 g/mol. The number of fused-ring (bicyclic) bond motifs is 3. The van der Waals surface area contributed by atoms with Crippen molar-refractivity contribution in [3.8, 4) is 11.3 Å². The van der Waals surface area contributed by atoms with E-state index in [1.807, 2.05) is 31.2 Å². The molecule has 4 aromatic rings. The van der Waals surface area contributed by atoms with Gasteiger partial charge in [0.15, 0.2) is 5.82 Å². The van der Waals surface area contributed by atoms with Crippen molar-refractivity contribution in [2.24, 2.45) is 12.5 Å². The van der Waals surface area contributed by atoms with Gasteiger partial charge in [0.05, 0.1) is 22.6 Å². The van der Waals surface area contributed by atoms with Crippen LogP contribution in [0, 0.1) is 12.3 Å². The Morgan fingerprint density at radius 3 is 2.61 bits per heavy atom. The molecule has 0 bridgehead atoms. The molecule has 2 N–H and O–H groups in total. The van der Waals surface area contributed by atoms with Crippen molar-refractivity contribution < 1.29 is 14.3 Å². The zero-order valence-electron chi connectivity index (χ0n) is 32.9. The van der Waals surface area contributed by atoms with E-state index in [1.165, 1.54) is 21.9 Å². The summed E-state index contributed by atoms with van der Waals surface area (Å²) in [6, 6.07) is 10.3. The molecule has 13 nitrogen and oxygen atoms in total. The maximum Gasteiger partial charge on any atom is 0.293 e. The molecule has 9 rings (SSSR count). The predicted molar refractivity (Wildman–Crippen MR) is 218 cm³/mol. The van der Waals surface area contributed by atoms with Gasteiger partial charge in [0.2, 0.25) is 5.91 Å². The summed E-state index contributed by atoms with van der Waals surface area (Å²) < 4.78 is 9.35. The van der Waals surface area contributed by atoms with E-state index >= 15 is 0 Å². The number of aryl methyl sites for hydroxylation is 1. The minimum atomic E-state index is -0.303. The third-order valence-electron chi connectivity index (χ3n) is 12.6. The van der Waals surface area contributed by atoms with E-state index < -0.39 is 0 Å². The molecular formula is C43H51N9O4. The molecule has 1 aromatic carbocycles. The minimum Gasteiger partial charge on any atom is -0.381 e. The molecule has 5 aliphatic rings. The Morgan fingerprint density at radius 2 is 1.84 bits per heavy atom. The maximum absolute atomic E-state index is 14.0. The van der Waals surface area contributed by atoms with Crippen LogP contribution in [0.5, 0.6) is 0 Å². The number of nitrogens with zero attached hydrogens (tertiary/aromatic N) is 7. The van der Waals surface area contributed by atoms with Crippen LogP contribution in [0.2, 0.25) is 0 Å². The standard InChI is InChI=1S/C43H51N9O4/c1-6-37(53)46-32-22-29(7-8-34(32)52-18-15-49(26-43(52)12-13-43)30-10-19-56-20-11-30)45-38-41(55)48(5)25-33(47-38)31-9-14-44-39(27(31)2)51-17-16-50-35(40(51)54)21-28-23-42(3,4)24-36(28)50/h6-9,14,21-22,25,30H,1,10-13,15-20,23-24,26H2,2-5H3,(H,45,47)(H,46,53). The number of carbonyl (C=O) groups excluding carboxylic acids is 2. The predicted octanol–water partition coefficient (Wildman–Crippen LogP) is 5.44. The lowest BCUT2D eigenvalue weighted by molar-refractivity contribution is -0.111. The van der Waals surface area contributed by atoms with E-state index in [0.717, 1.165) is 88.2 Å². The van der Waals surface area contributed by atoms with Gasteiger partial charge in [0, 0.05) is 93.9 Å². The summed E-state index contributed by atoms with van der Waals surface area (Å²) in [4.78, 5) is 56.7. The topological polar surface area (TPSA) is 130 Å². The number of rotatable bonds is 8.